The molecule has 1 heterocycles. The van der Waals surface area contributed by atoms with Crippen LogP contribution in [0.3, 0.4) is 0 Å². The number of benzene rings is 1. The van der Waals surface area contributed by atoms with Gasteiger partial charge >= 0.3 is 0 Å². The fourth-order valence-corrected chi connectivity index (χ4v) is 3.80. The Morgan fingerprint density at radius 3 is 2.67 bits per heavy atom. The summed E-state index contributed by atoms with van der Waals surface area (Å²) in [6.45, 7) is 1.81. The number of piperidine rings is 1. The highest BCUT2D eigenvalue weighted by atomic mass is 32.2. The van der Waals surface area contributed by atoms with Gasteiger partial charge in [0.15, 0.2) is 0 Å². The van der Waals surface area contributed by atoms with Crippen LogP contribution in [0.15, 0.2) is 29.2 Å². The Kier molecular flexibility index (Phi) is 4.19. The quantitative estimate of drug-likeness (QED) is 0.863. The standard InChI is InChI=1S/C15H23N3O2S/c16-21(19,20)15-7-2-1-6-14(15)18-10-4-3-5-13(18)11-17-12-8-9-12/h1-2,6-7,12-13,17H,3-5,8-11H2,(H2,16,19,20). The molecule has 1 atom stereocenters. The van der Waals surface area contributed by atoms with Gasteiger partial charge in [0, 0.05) is 25.2 Å². The van der Waals surface area contributed by atoms with Crippen LogP contribution in [0.25, 0.3) is 0 Å². The van der Waals surface area contributed by atoms with Gasteiger partial charge in [-0.2, -0.15) is 0 Å². The molecular weight excluding hydrogens is 286 g/mol. The van der Waals surface area contributed by atoms with Crippen LogP contribution in [0.2, 0.25) is 0 Å². The molecule has 0 bridgehead atoms. The molecule has 0 spiro atoms. The van der Waals surface area contributed by atoms with Crippen molar-refractivity contribution in [2.75, 3.05) is 18.0 Å². The molecule has 116 valence electrons. The van der Waals surface area contributed by atoms with Crippen LogP contribution in [-0.2, 0) is 10.0 Å². The molecule has 0 aromatic heterocycles. The molecule has 3 N–H and O–H groups in total. The Hall–Kier alpha value is -1.11. The van der Waals surface area contributed by atoms with E-state index in [-0.39, 0.29) is 4.90 Å². The van der Waals surface area contributed by atoms with Crippen LogP contribution >= 0.6 is 0 Å². The molecule has 0 radical (unpaired) electrons. The molecular formula is C15H23N3O2S. The fraction of sp³-hybridized carbons (Fsp3) is 0.600. The summed E-state index contributed by atoms with van der Waals surface area (Å²) in [6, 6.07) is 8.10. The van der Waals surface area contributed by atoms with Crippen molar-refractivity contribution in [3.8, 4) is 0 Å². The topological polar surface area (TPSA) is 75.4 Å². The Balaban J connectivity index is 1.85. The molecule has 1 aliphatic carbocycles. The molecule has 1 aromatic carbocycles. The van der Waals surface area contributed by atoms with E-state index < -0.39 is 10.0 Å². The first kappa shape index (κ1) is 14.8. The molecule has 5 nitrogen and oxygen atoms in total. The summed E-state index contributed by atoms with van der Waals surface area (Å²) in [5.74, 6) is 0. The third kappa shape index (κ3) is 3.56. The lowest BCUT2D eigenvalue weighted by atomic mass is 10.0. The molecule has 1 aliphatic heterocycles. The van der Waals surface area contributed by atoms with Gasteiger partial charge in [-0.15, -0.1) is 0 Å². The van der Waals surface area contributed by atoms with Crippen LogP contribution in [0.1, 0.15) is 32.1 Å². The van der Waals surface area contributed by atoms with E-state index in [4.69, 9.17) is 5.14 Å². The second kappa shape index (κ2) is 5.94. The summed E-state index contributed by atoms with van der Waals surface area (Å²) in [6.07, 6.45) is 5.92. The van der Waals surface area contributed by atoms with Crippen molar-refractivity contribution >= 4 is 15.7 Å². The zero-order valence-electron chi connectivity index (χ0n) is 12.2. The molecule has 2 fully saturated rings. The van der Waals surface area contributed by atoms with Gasteiger partial charge in [-0.1, -0.05) is 12.1 Å². The molecule has 3 rings (SSSR count). The maximum Gasteiger partial charge on any atom is 0.240 e. The molecule has 0 amide bonds. The highest BCUT2D eigenvalue weighted by molar-refractivity contribution is 7.89. The number of rotatable bonds is 5. The molecule has 1 saturated carbocycles. The number of hydrogen-bond acceptors (Lipinski definition) is 4. The lowest BCUT2D eigenvalue weighted by Gasteiger charge is -2.38. The number of sulfonamides is 1. The van der Waals surface area contributed by atoms with Gasteiger partial charge in [0.1, 0.15) is 4.90 Å². The second-order valence-electron chi connectivity index (χ2n) is 6.04. The van der Waals surface area contributed by atoms with Crippen molar-refractivity contribution in [2.24, 2.45) is 5.14 Å². The molecule has 2 aliphatic rings. The van der Waals surface area contributed by atoms with Gasteiger partial charge in [-0.3, -0.25) is 0 Å². The Bertz CT molecular complexity index is 599. The molecule has 6 heteroatoms. The van der Waals surface area contributed by atoms with E-state index in [9.17, 15) is 8.42 Å². The van der Waals surface area contributed by atoms with Gasteiger partial charge in [-0.05, 0) is 44.2 Å². The lowest BCUT2D eigenvalue weighted by Crippen LogP contribution is -2.46. The minimum Gasteiger partial charge on any atom is -0.366 e. The monoisotopic (exact) mass is 309 g/mol. The van der Waals surface area contributed by atoms with Gasteiger partial charge in [0.25, 0.3) is 0 Å². The number of nitrogens with one attached hydrogen (secondary N) is 1. The molecule has 1 saturated heterocycles. The first-order valence-corrected chi connectivity index (χ1v) is 9.22. The van der Waals surface area contributed by atoms with Crippen molar-refractivity contribution in [3.63, 3.8) is 0 Å². The molecule has 1 unspecified atom stereocenters. The number of nitrogens with zero attached hydrogens (tertiary/aromatic N) is 1. The van der Waals surface area contributed by atoms with Gasteiger partial charge in [0.2, 0.25) is 10.0 Å². The lowest BCUT2D eigenvalue weighted by molar-refractivity contribution is 0.432. The third-order valence-electron chi connectivity index (χ3n) is 4.33. The summed E-state index contributed by atoms with van der Waals surface area (Å²) in [5, 5.41) is 8.93. The first-order chi connectivity index (χ1) is 10.1. The number of nitrogens with two attached hydrogens (primary N) is 1. The highest BCUT2D eigenvalue weighted by Gasteiger charge is 2.29. The summed E-state index contributed by atoms with van der Waals surface area (Å²) >= 11 is 0. The smallest absolute Gasteiger partial charge is 0.240 e. The van der Waals surface area contributed by atoms with E-state index in [1.54, 1.807) is 12.1 Å². The van der Waals surface area contributed by atoms with Gasteiger partial charge in [0.05, 0.1) is 5.69 Å². The second-order valence-corrected chi connectivity index (χ2v) is 7.57. The van der Waals surface area contributed by atoms with Crippen LogP contribution in [0.4, 0.5) is 5.69 Å². The summed E-state index contributed by atoms with van der Waals surface area (Å²) in [4.78, 5) is 2.46. The Morgan fingerprint density at radius 2 is 1.95 bits per heavy atom. The molecule has 21 heavy (non-hydrogen) atoms. The Labute approximate surface area is 126 Å². The average molecular weight is 309 g/mol. The maximum atomic E-state index is 11.8. The fourth-order valence-electron chi connectivity index (χ4n) is 3.06. The van der Waals surface area contributed by atoms with E-state index in [2.05, 4.69) is 10.2 Å². The minimum atomic E-state index is -3.69. The predicted octanol–water partition coefficient (Wildman–Crippen LogP) is 1.44. The highest BCUT2D eigenvalue weighted by Crippen LogP contribution is 2.30. The van der Waals surface area contributed by atoms with Crippen LogP contribution in [0, 0.1) is 0 Å². The minimum absolute atomic E-state index is 0.239. The maximum absolute atomic E-state index is 11.8. The van der Waals surface area contributed by atoms with E-state index in [0.717, 1.165) is 31.6 Å². The van der Waals surface area contributed by atoms with Crippen molar-refractivity contribution in [1.29, 1.82) is 0 Å². The normalized spacial score (nSPS) is 23.3. The van der Waals surface area contributed by atoms with E-state index >= 15 is 0 Å². The number of para-hydroxylation sites is 1. The van der Waals surface area contributed by atoms with Crippen molar-refractivity contribution in [1.82, 2.24) is 5.32 Å². The predicted molar refractivity (Wildman–Crippen MR) is 83.8 cm³/mol. The van der Waals surface area contributed by atoms with Gasteiger partial charge in [-0.25, -0.2) is 13.6 Å². The van der Waals surface area contributed by atoms with Gasteiger partial charge < -0.3 is 10.2 Å². The van der Waals surface area contributed by atoms with Crippen molar-refractivity contribution < 1.29 is 8.42 Å². The SMILES string of the molecule is NS(=O)(=O)c1ccccc1N1CCCCC1CNC1CC1. The van der Waals surface area contributed by atoms with Crippen LogP contribution < -0.4 is 15.4 Å². The van der Waals surface area contributed by atoms with E-state index in [1.807, 2.05) is 12.1 Å². The zero-order chi connectivity index (χ0) is 14.9. The van der Waals surface area contributed by atoms with Crippen LogP contribution in [-0.4, -0.2) is 33.6 Å². The number of anilines is 1. The zero-order valence-corrected chi connectivity index (χ0v) is 13.0. The largest absolute Gasteiger partial charge is 0.366 e. The summed E-state index contributed by atoms with van der Waals surface area (Å²) in [5.41, 5.74) is 0.752. The third-order valence-corrected chi connectivity index (χ3v) is 5.29. The van der Waals surface area contributed by atoms with Crippen molar-refractivity contribution in [2.45, 2.75) is 49.1 Å². The van der Waals surface area contributed by atoms with E-state index in [1.165, 1.54) is 19.3 Å². The average Bonchev–Trinajstić information content (AvgIpc) is 3.29. The van der Waals surface area contributed by atoms with E-state index in [0.29, 0.717) is 12.1 Å². The first-order valence-electron chi connectivity index (χ1n) is 7.67. The summed E-state index contributed by atoms with van der Waals surface area (Å²) < 4.78 is 23.6. The van der Waals surface area contributed by atoms with Crippen molar-refractivity contribution in [3.05, 3.63) is 24.3 Å². The number of primary sulfonamides is 1. The number of hydrogen-bond donors (Lipinski definition) is 2. The Morgan fingerprint density at radius 1 is 1.19 bits per heavy atom. The summed E-state index contributed by atoms with van der Waals surface area (Å²) in [7, 11) is -3.69. The van der Waals surface area contributed by atoms with Crippen LogP contribution in [0.5, 0.6) is 0 Å². The molecule has 1 aromatic rings.